The normalized spacial score (nSPS) is 21.2. The molecule has 1 saturated heterocycles. The van der Waals surface area contributed by atoms with Gasteiger partial charge in [0.15, 0.2) is 0 Å². The smallest absolute Gasteiger partial charge is 0.0710 e. The minimum Gasteiger partial charge on any atom is -0.308 e. The van der Waals surface area contributed by atoms with E-state index in [4.69, 9.17) is 0 Å². The van der Waals surface area contributed by atoms with Gasteiger partial charge in [0.2, 0.25) is 0 Å². The average Bonchev–Trinajstić information content (AvgIpc) is 3.01. The summed E-state index contributed by atoms with van der Waals surface area (Å²) in [5.74, 6) is 1.29. The molecule has 1 fully saturated rings. The predicted octanol–water partition coefficient (Wildman–Crippen LogP) is 4.16. The largest absolute Gasteiger partial charge is 0.308 e. The van der Waals surface area contributed by atoms with Crippen LogP contribution in [0.3, 0.4) is 0 Å². The van der Waals surface area contributed by atoms with Crippen LogP contribution in [0.25, 0.3) is 0 Å². The number of nitrogens with zero attached hydrogens (tertiary/aromatic N) is 2. The maximum Gasteiger partial charge on any atom is 0.0710 e. The Hall–Kier alpha value is -0.000000000000000111. The summed E-state index contributed by atoms with van der Waals surface area (Å²) in [6.07, 6.45) is 5.76. The second-order valence-electron chi connectivity index (χ2n) is 5.40. The van der Waals surface area contributed by atoms with E-state index in [-0.39, 0.29) is 0 Å². The zero-order valence-corrected chi connectivity index (χ0v) is 14.4. The Morgan fingerprint density at radius 1 is 1.58 bits per heavy atom. The summed E-state index contributed by atoms with van der Waals surface area (Å²) < 4.78 is 3.30. The van der Waals surface area contributed by atoms with Crippen LogP contribution in [0.1, 0.15) is 57.8 Å². The lowest BCUT2D eigenvalue weighted by molar-refractivity contribution is 0.429. The number of hydrogen-bond acceptors (Lipinski definition) is 3. The van der Waals surface area contributed by atoms with Crippen molar-refractivity contribution in [3.63, 3.8) is 0 Å². The average molecular weight is 346 g/mol. The van der Waals surface area contributed by atoms with Crippen molar-refractivity contribution < 1.29 is 0 Å². The van der Waals surface area contributed by atoms with Crippen molar-refractivity contribution in [2.75, 3.05) is 12.3 Å². The van der Waals surface area contributed by atoms with Crippen molar-refractivity contribution in [3.05, 3.63) is 16.4 Å². The molecule has 2 atom stereocenters. The van der Waals surface area contributed by atoms with Crippen LogP contribution in [0.4, 0.5) is 0 Å². The molecule has 0 radical (unpaired) electrons. The van der Waals surface area contributed by atoms with Gasteiger partial charge in [-0.25, -0.2) is 0 Å². The Kier molecular flexibility index (Phi) is 5.78. The summed E-state index contributed by atoms with van der Waals surface area (Å²) in [5.41, 5.74) is 1.32. The number of nitrogens with one attached hydrogen (secondary N) is 1. The van der Waals surface area contributed by atoms with Crippen LogP contribution in [0.2, 0.25) is 0 Å². The Labute approximate surface area is 129 Å². The highest BCUT2D eigenvalue weighted by Gasteiger charge is 2.31. The van der Waals surface area contributed by atoms with E-state index in [1.807, 2.05) is 6.20 Å². The minimum atomic E-state index is 0.402. The molecule has 0 aliphatic carbocycles. The number of halogens is 1. The molecule has 0 saturated carbocycles. The van der Waals surface area contributed by atoms with Crippen molar-refractivity contribution in [1.82, 2.24) is 15.1 Å². The van der Waals surface area contributed by atoms with Crippen molar-refractivity contribution in [1.29, 1.82) is 0 Å². The summed E-state index contributed by atoms with van der Waals surface area (Å²) in [6, 6.07) is 0.811. The SMILES string of the molecule is CCCNC(c1c(Br)cnn1C(C)C)C1CCCS1. The standard InChI is InChI=1S/C14H24BrN3S/c1-4-7-16-13(12-6-5-8-19-12)14-11(15)9-17-18(14)10(2)3/h9-10,12-13,16H,4-8H2,1-3H3. The molecule has 0 aromatic carbocycles. The van der Waals surface area contributed by atoms with Crippen LogP contribution in [0.5, 0.6) is 0 Å². The van der Waals surface area contributed by atoms with Gasteiger partial charge < -0.3 is 5.32 Å². The van der Waals surface area contributed by atoms with E-state index in [2.05, 4.69) is 63.6 Å². The summed E-state index contributed by atoms with van der Waals surface area (Å²) in [7, 11) is 0. The van der Waals surface area contributed by atoms with E-state index < -0.39 is 0 Å². The number of rotatable bonds is 6. The molecule has 1 aromatic rings. The molecule has 2 unspecified atom stereocenters. The quantitative estimate of drug-likeness (QED) is 0.839. The maximum atomic E-state index is 4.54. The molecule has 1 N–H and O–H groups in total. The van der Waals surface area contributed by atoms with Crippen molar-refractivity contribution in [3.8, 4) is 0 Å². The van der Waals surface area contributed by atoms with E-state index >= 15 is 0 Å². The fourth-order valence-electron chi connectivity index (χ4n) is 2.62. The number of thioether (sulfide) groups is 1. The second kappa shape index (κ2) is 7.14. The zero-order valence-electron chi connectivity index (χ0n) is 12.0. The minimum absolute atomic E-state index is 0.402. The van der Waals surface area contributed by atoms with E-state index in [1.165, 1.54) is 30.7 Å². The van der Waals surface area contributed by atoms with Crippen LogP contribution < -0.4 is 5.32 Å². The van der Waals surface area contributed by atoms with Gasteiger partial charge in [-0.1, -0.05) is 6.92 Å². The molecule has 2 heterocycles. The molecule has 1 aromatic heterocycles. The third-order valence-electron chi connectivity index (χ3n) is 3.52. The zero-order chi connectivity index (χ0) is 13.8. The lowest BCUT2D eigenvalue weighted by Crippen LogP contribution is -2.32. The first-order valence-corrected chi connectivity index (χ1v) is 9.07. The third kappa shape index (κ3) is 3.56. The lowest BCUT2D eigenvalue weighted by Gasteiger charge is -2.26. The molecular weight excluding hydrogens is 322 g/mol. The first-order chi connectivity index (χ1) is 9.15. The van der Waals surface area contributed by atoms with Gasteiger partial charge in [-0.3, -0.25) is 4.68 Å². The molecule has 5 heteroatoms. The number of aromatic nitrogens is 2. The van der Waals surface area contributed by atoms with Gasteiger partial charge in [-0.15, -0.1) is 0 Å². The third-order valence-corrected chi connectivity index (χ3v) is 5.59. The van der Waals surface area contributed by atoms with Crippen molar-refractivity contribution in [2.24, 2.45) is 0 Å². The molecule has 0 amide bonds. The molecule has 1 aliphatic rings. The fourth-order valence-corrected chi connectivity index (χ4v) is 4.53. The van der Waals surface area contributed by atoms with E-state index in [1.54, 1.807) is 0 Å². The first kappa shape index (κ1) is 15.4. The molecule has 108 valence electrons. The van der Waals surface area contributed by atoms with Gasteiger partial charge in [0.05, 0.1) is 22.4 Å². The van der Waals surface area contributed by atoms with Crippen LogP contribution >= 0.6 is 27.7 Å². The van der Waals surface area contributed by atoms with Gasteiger partial charge in [0, 0.05) is 11.3 Å². The van der Waals surface area contributed by atoms with Gasteiger partial charge in [-0.2, -0.15) is 16.9 Å². The fraction of sp³-hybridized carbons (Fsp3) is 0.786. The summed E-state index contributed by atoms with van der Waals surface area (Å²) in [4.78, 5) is 0. The Morgan fingerprint density at radius 3 is 2.95 bits per heavy atom. The molecule has 19 heavy (non-hydrogen) atoms. The second-order valence-corrected chi connectivity index (χ2v) is 7.60. The highest BCUT2D eigenvalue weighted by molar-refractivity contribution is 9.10. The molecule has 0 spiro atoms. The lowest BCUT2D eigenvalue weighted by atomic mass is 10.1. The van der Waals surface area contributed by atoms with Gasteiger partial charge >= 0.3 is 0 Å². The molecule has 0 bridgehead atoms. The molecule has 3 nitrogen and oxygen atoms in total. The van der Waals surface area contributed by atoms with Crippen LogP contribution in [-0.2, 0) is 0 Å². The maximum absolute atomic E-state index is 4.54. The first-order valence-electron chi connectivity index (χ1n) is 7.23. The van der Waals surface area contributed by atoms with E-state index in [9.17, 15) is 0 Å². The monoisotopic (exact) mass is 345 g/mol. The van der Waals surface area contributed by atoms with E-state index in [0.29, 0.717) is 17.3 Å². The summed E-state index contributed by atoms with van der Waals surface area (Å²) in [5, 5.41) is 8.95. The van der Waals surface area contributed by atoms with Crippen LogP contribution in [0, 0.1) is 0 Å². The Morgan fingerprint density at radius 2 is 2.37 bits per heavy atom. The Bertz CT molecular complexity index is 399. The summed E-state index contributed by atoms with van der Waals surface area (Å²) >= 11 is 5.80. The predicted molar refractivity (Wildman–Crippen MR) is 86.8 cm³/mol. The number of hydrogen-bond donors (Lipinski definition) is 1. The highest BCUT2D eigenvalue weighted by Crippen LogP contribution is 2.39. The van der Waals surface area contributed by atoms with Gasteiger partial charge in [0.1, 0.15) is 0 Å². The van der Waals surface area contributed by atoms with Gasteiger partial charge in [-0.05, 0) is 61.3 Å². The summed E-state index contributed by atoms with van der Waals surface area (Å²) in [6.45, 7) is 7.68. The Balaban J connectivity index is 2.28. The van der Waals surface area contributed by atoms with Crippen molar-refractivity contribution in [2.45, 2.75) is 57.4 Å². The van der Waals surface area contributed by atoms with Crippen LogP contribution in [-0.4, -0.2) is 27.3 Å². The van der Waals surface area contributed by atoms with Gasteiger partial charge in [0.25, 0.3) is 0 Å². The molecule has 1 aliphatic heterocycles. The molecule has 2 rings (SSSR count). The van der Waals surface area contributed by atoms with Crippen molar-refractivity contribution >= 4 is 27.7 Å². The van der Waals surface area contributed by atoms with Crippen LogP contribution in [0.15, 0.2) is 10.7 Å². The highest BCUT2D eigenvalue weighted by atomic mass is 79.9. The topological polar surface area (TPSA) is 29.9 Å². The van der Waals surface area contributed by atoms with E-state index in [0.717, 1.165) is 11.0 Å². The molecular formula is C14H24BrN3S.